The third-order valence-corrected chi connectivity index (χ3v) is 1.35. The van der Waals surface area contributed by atoms with Gasteiger partial charge >= 0.3 is 0 Å². The lowest BCUT2D eigenvalue weighted by Gasteiger charge is -2.00. The SMILES string of the molecule is NC(C=O)Cc1ccccn1. The van der Waals surface area contributed by atoms with E-state index in [1.807, 2.05) is 18.2 Å². The van der Waals surface area contributed by atoms with Gasteiger partial charge < -0.3 is 10.5 Å². The van der Waals surface area contributed by atoms with Crippen molar-refractivity contribution in [1.29, 1.82) is 0 Å². The second kappa shape index (κ2) is 3.83. The Kier molecular flexibility index (Phi) is 2.74. The van der Waals surface area contributed by atoms with E-state index in [0.29, 0.717) is 6.42 Å². The van der Waals surface area contributed by atoms with Crippen molar-refractivity contribution in [2.24, 2.45) is 5.73 Å². The Morgan fingerprint density at radius 2 is 2.45 bits per heavy atom. The fourth-order valence-electron chi connectivity index (χ4n) is 0.808. The van der Waals surface area contributed by atoms with E-state index in [1.54, 1.807) is 6.20 Å². The van der Waals surface area contributed by atoms with Crippen molar-refractivity contribution < 1.29 is 4.79 Å². The summed E-state index contributed by atoms with van der Waals surface area (Å²) in [5, 5.41) is 0. The summed E-state index contributed by atoms with van der Waals surface area (Å²) in [6, 6.07) is 5.13. The van der Waals surface area contributed by atoms with Crippen LogP contribution >= 0.6 is 0 Å². The molecule has 1 aromatic heterocycles. The van der Waals surface area contributed by atoms with Gasteiger partial charge in [-0.3, -0.25) is 4.98 Å². The summed E-state index contributed by atoms with van der Waals surface area (Å²) in [6.07, 6.45) is 2.94. The number of rotatable bonds is 3. The van der Waals surface area contributed by atoms with E-state index in [1.165, 1.54) is 0 Å². The van der Waals surface area contributed by atoms with Gasteiger partial charge in [0.05, 0.1) is 6.04 Å². The van der Waals surface area contributed by atoms with Crippen LogP contribution in [0.2, 0.25) is 0 Å². The maximum atomic E-state index is 10.2. The average Bonchev–Trinajstić information content (AvgIpc) is 2.06. The van der Waals surface area contributed by atoms with Crippen molar-refractivity contribution in [3.8, 4) is 0 Å². The Hall–Kier alpha value is -1.22. The molecule has 58 valence electrons. The van der Waals surface area contributed by atoms with Crippen LogP contribution in [-0.2, 0) is 11.2 Å². The fourth-order valence-corrected chi connectivity index (χ4v) is 0.808. The Morgan fingerprint density at radius 1 is 1.64 bits per heavy atom. The van der Waals surface area contributed by atoms with Crippen molar-refractivity contribution in [3.05, 3.63) is 30.1 Å². The number of nitrogens with zero attached hydrogens (tertiary/aromatic N) is 1. The summed E-state index contributed by atoms with van der Waals surface area (Å²) >= 11 is 0. The quantitative estimate of drug-likeness (QED) is 0.624. The molecule has 1 atom stereocenters. The lowest BCUT2D eigenvalue weighted by molar-refractivity contribution is -0.108. The van der Waals surface area contributed by atoms with E-state index >= 15 is 0 Å². The maximum absolute atomic E-state index is 10.2. The molecule has 1 heterocycles. The van der Waals surface area contributed by atoms with Crippen molar-refractivity contribution in [3.63, 3.8) is 0 Å². The van der Waals surface area contributed by atoms with E-state index in [-0.39, 0.29) is 0 Å². The van der Waals surface area contributed by atoms with Crippen molar-refractivity contribution in [2.45, 2.75) is 12.5 Å². The number of carbonyl (C=O) groups excluding carboxylic acids is 1. The van der Waals surface area contributed by atoms with Gasteiger partial charge in [0, 0.05) is 18.3 Å². The number of aldehydes is 1. The minimum atomic E-state index is -0.426. The summed E-state index contributed by atoms with van der Waals surface area (Å²) in [5.41, 5.74) is 6.25. The van der Waals surface area contributed by atoms with Gasteiger partial charge in [-0.25, -0.2) is 0 Å². The summed E-state index contributed by atoms with van der Waals surface area (Å²) in [6.45, 7) is 0. The monoisotopic (exact) mass is 150 g/mol. The van der Waals surface area contributed by atoms with Crippen LogP contribution in [-0.4, -0.2) is 17.3 Å². The molecule has 11 heavy (non-hydrogen) atoms. The minimum Gasteiger partial charge on any atom is -0.321 e. The summed E-state index contributed by atoms with van der Waals surface area (Å²) in [4.78, 5) is 14.2. The summed E-state index contributed by atoms with van der Waals surface area (Å²) in [7, 11) is 0. The fraction of sp³-hybridized carbons (Fsp3) is 0.250. The molecule has 0 radical (unpaired) electrons. The first-order valence-electron chi connectivity index (χ1n) is 3.43. The molecule has 0 aliphatic rings. The largest absolute Gasteiger partial charge is 0.321 e. The van der Waals surface area contributed by atoms with Crippen LogP contribution in [0.15, 0.2) is 24.4 Å². The van der Waals surface area contributed by atoms with E-state index < -0.39 is 6.04 Å². The average molecular weight is 150 g/mol. The normalized spacial score (nSPS) is 12.5. The Bertz CT molecular complexity index is 223. The van der Waals surface area contributed by atoms with Crippen molar-refractivity contribution in [1.82, 2.24) is 4.98 Å². The molecule has 0 aliphatic carbocycles. The minimum absolute atomic E-state index is 0.426. The first kappa shape index (κ1) is 7.88. The Balaban J connectivity index is 2.57. The van der Waals surface area contributed by atoms with E-state index in [4.69, 9.17) is 5.73 Å². The molecule has 3 heteroatoms. The van der Waals surface area contributed by atoms with E-state index in [2.05, 4.69) is 4.98 Å². The molecule has 3 nitrogen and oxygen atoms in total. The van der Waals surface area contributed by atoms with Gasteiger partial charge in [-0.2, -0.15) is 0 Å². The van der Waals surface area contributed by atoms with Crippen LogP contribution in [0.1, 0.15) is 5.69 Å². The topological polar surface area (TPSA) is 56.0 Å². The van der Waals surface area contributed by atoms with Gasteiger partial charge in [-0.05, 0) is 12.1 Å². The molecule has 0 aliphatic heterocycles. The highest BCUT2D eigenvalue weighted by Crippen LogP contribution is 1.95. The standard InChI is InChI=1S/C8H10N2O/c9-7(6-11)5-8-3-1-2-4-10-8/h1-4,6-7H,5,9H2. The van der Waals surface area contributed by atoms with Crippen LogP contribution in [0.3, 0.4) is 0 Å². The zero-order chi connectivity index (χ0) is 8.10. The number of pyridine rings is 1. The molecule has 0 amide bonds. The number of nitrogens with two attached hydrogens (primary N) is 1. The molecular formula is C8H10N2O. The molecule has 0 fully saturated rings. The highest BCUT2D eigenvalue weighted by molar-refractivity contribution is 5.57. The van der Waals surface area contributed by atoms with Crippen LogP contribution in [0.5, 0.6) is 0 Å². The smallest absolute Gasteiger partial charge is 0.137 e. The number of hydrogen-bond donors (Lipinski definition) is 1. The Morgan fingerprint density at radius 3 is 3.00 bits per heavy atom. The van der Waals surface area contributed by atoms with E-state index in [9.17, 15) is 4.79 Å². The highest BCUT2D eigenvalue weighted by Gasteiger charge is 2.00. The molecule has 1 unspecified atom stereocenters. The molecular weight excluding hydrogens is 140 g/mol. The van der Waals surface area contributed by atoms with Crippen molar-refractivity contribution in [2.75, 3.05) is 0 Å². The predicted molar refractivity (Wildman–Crippen MR) is 42.0 cm³/mol. The van der Waals surface area contributed by atoms with Gasteiger partial charge in [-0.15, -0.1) is 0 Å². The maximum Gasteiger partial charge on any atom is 0.137 e. The number of aromatic nitrogens is 1. The van der Waals surface area contributed by atoms with Gasteiger partial charge in [0.1, 0.15) is 6.29 Å². The molecule has 0 saturated heterocycles. The molecule has 0 aromatic carbocycles. The van der Waals surface area contributed by atoms with Gasteiger partial charge in [0.25, 0.3) is 0 Å². The molecule has 2 N–H and O–H groups in total. The zero-order valence-electron chi connectivity index (χ0n) is 6.10. The summed E-state index contributed by atoms with van der Waals surface area (Å²) < 4.78 is 0. The second-order valence-corrected chi connectivity index (χ2v) is 2.33. The first-order chi connectivity index (χ1) is 5.33. The zero-order valence-corrected chi connectivity index (χ0v) is 6.10. The van der Waals surface area contributed by atoms with Crippen LogP contribution in [0.25, 0.3) is 0 Å². The molecule has 1 aromatic rings. The third kappa shape index (κ3) is 2.47. The molecule has 0 spiro atoms. The second-order valence-electron chi connectivity index (χ2n) is 2.33. The Labute approximate surface area is 65.2 Å². The predicted octanol–water partition coefficient (Wildman–Crippen LogP) is 0.150. The van der Waals surface area contributed by atoms with Gasteiger partial charge in [0.15, 0.2) is 0 Å². The highest BCUT2D eigenvalue weighted by atomic mass is 16.1. The molecule has 0 bridgehead atoms. The molecule has 0 saturated carbocycles. The van der Waals surface area contributed by atoms with Gasteiger partial charge in [0.2, 0.25) is 0 Å². The van der Waals surface area contributed by atoms with Crippen molar-refractivity contribution >= 4 is 6.29 Å². The van der Waals surface area contributed by atoms with Crippen LogP contribution < -0.4 is 5.73 Å². The lowest BCUT2D eigenvalue weighted by Crippen LogP contribution is -2.24. The van der Waals surface area contributed by atoms with Crippen LogP contribution in [0, 0.1) is 0 Å². The molecule has 1 rings (SSSR count). The third-order valence-electron chi connectivity index (χ3n) is 1.35. The van der Waals surface area contributed by atoms with E-state index in [0.717, 1.165) is 12.0 Å². The number of carbonyl (C=O) groups is 1. The number of hydrogen-bond acceptors (Lipinski definition) is 3. The lowest BCUT2D eigenvalue weighted by atomic mass is 10.2. The summed E-state index contributed by atoms with van der Waals surface area (Å²) in [5.74, 6) is 0. The van der Waals surface area contributed by atoms with Crippen LogP contribution in [0.4, 0.5) is 0 Å². The first-order valence-corrected chi connectivity index (χ1v) is 3.43. The van der Waals surface area contributed by atoms with Gasteiger partial charge in [-0.1, -0.05) is 6.07 Å².